The van der Waals surface area contributed by atoms with Gasteiger partial charge in [0.2, 0.25) is 0 Å². The molecule has 0 saturated carbocycles. The summed E-state index contributed by atoms with van der Waals surface area (Å²) in [6, 6.07) is 6.29. The Morgan fingerprint density at radius 2 is 2.22 bits per heavy atom. The van der Waals surface area contributed by atoms with E-state index in [4.69, 9.17) is 0 Å². The van der Waals surface area contributed by atoms with Gasteiger partial charge in [-0.05, 0) is 23.4 Å². The Balaban J connectivity index is 2.33. The number of carbonyl (C=O) groups is 1. The van der Waals surface area contributed by atoms with Gasteiger partial charge >= 0.3 is 0 Å². The maximum absolute atomic E-state index is 11.6. The van der Waals surface area contributed by atoms with Crippen LogP contribution in [0.15, 0.2) is 18.2 Å². The summed E-state index contributed by atoms with van der Waals surface area (Å²) in [7, 11) is 0. The molecule has 1 N–H and O–H groups in total. The smallest absolute Gasteiger partial charge is 0.160 e. The number of fused-ring (bicyclic) bond motifs is 1. The largest absolute Gasteiger partial charge is 0.369 e. The lowest BCUT2D eigenvalue weighted by Crippen LogP contribution is -2.33. The first kappa shape index (κ1) is 9.83. The second-order valence-corrected chi connectivity index (χ2v) is 4.79. The molecule has 0 unspecified atom stereocenters. The quantitative estimate of drug-likeness (QED) is 0.733. The molecule has 3 nitrogen and oxygen atoms in total. The lowest BCUT2D eigenvalue weighted by atomic mass is 9.99. The molecule has 2 aromatic rings. The number of nitrogens with zero attached hydrogens (tertiary/aromatic N) is 1. The highest BCUT2D eigenvalue weighted by atomic mass is 16.1. The van der Waals surface area contributed by atoms with E-state index in [1.807, 2.05) is 6.08 Å². The average molecular weight is 236 g/mol. The summed E-state index contributed by atoms with van der Waals surface area (Å²) in [6.07, 6.45) is 5.13. The van der Waals surface area contributed by atoms with Crippen molar-refractivity contribution in [3.8, 4) is 0 Å². The monoisotopic (exact) mass is 236 g/mol. The Bertz CT molecular complexity index is 805. The Morgan fingerprint density at radius 1 is 1.28 bits per heavy atom. The normalized spacial score (nSPS) is 16.6. The average Bonchev–Trinajstić information content (AvgIpc) is 2.46. The van der Waals surface area contributed by atoms with Crippen LogP contribution in [0.4, 0.5) is 5.82 Å². The van der Waals surface area contributed by atoms with Crippen molar-refractivity contribution in [1.82, 2.24) is 4.98 Å². The molecule has 0 amide bonds. The Hall–Kier alpha value is -2.16. The number of ketones is 1. The predicted octanol–water partition coefficient (Wildman–Crippen LogP) is 0.737. The summed E-state index contributed by atoms with van der Waals surface area (Å²) in [5.41, 5.74) is 1.30. The van der Waals surface area contributed by atoms with Gasteiger partial charge in [-0.1, -0.05) is 24.3 Å². The number of carbonyl (C=O) groups excluding carboxylic acids is 1. The fourth-order valence-corrected chi connectivity index (χ4v) is 2.86. The molecule has 0 atom stereocenters. The molecular formula is C15H12N2O. The van der Waals surface area contributed by atoms with Crippen LogP contribution in [0.5, 0.6) is 0 Å². The molecule has 4 bridgehead atoms. The second-order valence-electron chi connectivity index (χ2n) is 4.79. The van der Waals surface area contributed by atoms with E-state index >= 15 is 0 Å². The van der Waals surface area contributed by atoms with E-state index in [9.17, 15) is 4.79 Å². The van der Waals surface area contributed by atoms with Gasteiger partial charge in [-0.2, -0.15) is 0 Å². The number of aromatic nitrogens is 1. The number of pyridine rings is 1. The van der Waals surface area contributed by atoms with E-state index in [-0.39, 0.29) is 5.78 Å². The van der Waals surface area contributed by atoms with Crippen LogP contribution in [0.25, 0.3) is 22.9 Å². The van der Waals surface area contributed by atoms with E-state index in [1.165, 1.54) is 10.9 Å². The summed E-state index contributed by atoms with van der Waals surface area (Å²) in [5, 5.41) is 7.65. The number of anilines is 1. The van der Waals surface area contributed by atoms with E-state index in [1.54, 1.807) is 6.08 Å². The lowest BCUT2D eigenvalue weighted by molar-refractivity contribution is -0.112. The molecular weight excluding hydrogens is 224 g/mol. The zero-order valence-electron chi connectivity index (χ0n) is 9.86. The van der Waals surface area contributed by atoms with Crippen molar-refractivity contribution in [2.24, 2.45) is 0 Å². The third-order valence-corrected chi connectivity index (χ3v) is 3.67. The fourth-order valence-electron chi connectivity index (χ4n) is 2.86. The number of rotatable bonds is 0. The van der Waals surface area contributed by atoms with Gasteiger partial charge in [0.1, 0.15) is 5.82 Å². The molecule has 1 aromatic heterocycles. The van der Waals surface area contributed by atoms with Crippen LogP contribution in [0, 0.1) is 0 Å². The first-order valence-electron chi connectivity index (χ1n) is 6.23. The van der Waals surface area contributed by atoms with Gasteiger partial charge in [-0.3, -0.25) is 4.79 Å². The van der Waals surface area contributed by atoms with Crippen molar-refractivity contribution in [3.63, 3.8) is 0 Å². The molecule has 1 aliphatic heterocycles. The third-order valence-electron chi connectivity index (χ3n) is 3.67. The highest BCUT2D eigenvalue weighted by molar-refractivity contribution is 6.11. The van der Waals surface area contributed by atoms with Gasteiger partial charge in [0.25, 0.3) is 0 Å². The minimum atomic E-state index is 0.167. The Kier molecular flexibility index (Phi) is 1.87. The number of hydrogen-bond donors (Lipinski definition) is 1. The van der Waals surface area contributed by atoms with Gasteiger partial charge in [0, 0.05) is 23.6 Å². The minimum absolute atomic E-state index is 0.167. The molecule has 3 heteroatoms. The first-order valence-corrected chi connectivity index (χ1v) is 6.23. The summed E-state index contributed by atoms with van der Waals surface area (Å²) in [5.74, 6) is 1.11. The Labute approximate surface area is 104 Å². The molecule has 0 radical (unpaired) electrons. The molecule has 1 aromatic carbocycles. The Morgan fingerprint density at radius 3 is 3.17 bits per heavy atom. The van der Waals surface area contributed by atoms with Crippen LogP contribution in [0.2, 0.25) is 0 Å². The van der Waals surface area contributed by atoms with Crippen LogP contribution in [-0.4, -0.2) is 17.3 Å². The van der Waals surface area contributed by atoms with Gasteiger partial charge in [0.05, 0.1) is 5.35 Å². The molecule has 0 fully saturated rings. The molecule has 0 saturated heterocycles. The lowest BCUT2D eigenvalue weighted by Gasteiger charge is -2.08. The zero-order chi connectivity index (χ0) is 12.1. The minimum Gasteiger partial charge on any atom is -0.369 e. The van der Waals surface area contributed by atoms with Crippen molar-refractivity contribution in [2.45, 2.75) is 12.8 Å². The number of hydrogen-bond acceptors (Lipinski definition) is 3. The van der Waals surface area contributed by atoms with Gasteiger partial charge < -0.3 is 5.32 Å². The van der Waals surface area contributed by atoms with E-state index in [2.05, 4.69) is 28.5 Å². The van der Waals surface area contributed by atoms with E-state index < -0.39 is 0 Å². The number of nitrogens with one attached hydrogen (secondary N) is 1. The number of benzene rings is 1. The van der Waals surface area contributed by atoms with Crippen LogP contribution in [0.1, 0.15) is 12.0 Å². The van der Waals surface area contributed by atoms with E-state index in [0.717, 1.165) is 34.7 Å². The van der Waals surface area contributed by atoms with Crippen LogP contribution in [-0.2, 0) is 11.2 Å². The van der Waals surface area contributed by atoms with Gasteiger partial charge in [-0.15, -0.1) is 0 Å². The van der Waals surface area contributed by atoms with Crippen LogP contribution >= 0.6 is 0 Å². The predicted molar refractivity (Wildman–Crippen MR) is 71.7 cm³/mol. The van der Waals surface area contributed by atoms with Crippen LogP contribution in [0.3, 0.4) is 0 Å². The second kappa shape index (κ2) is 3.42. The maximum Gasteiger partial charge on any atom is 0.160 e. The standard InChI is InChI=1S/C15H12N2O/c18-10-4-5-13-12(8-10)14-9-2-1-3-11(14)15(17-13)16-7-6-9/h1-3,5,8H,4,6-7H2,(H,16,17). The molecule has 1 aliphatic carbocycles. The fraction of sp³-hybridized carbons (Fsp3) is 0.200. The van der Waals surface area contributed by atoms with Crippen molar-refractivity contribution in [3.05, 3.63) is 34.3 Å². The SMILES string of the molecule is O=C1C=c2c(nc3c4cccc(c24)CCN3)=CC1. The van der Waals surface area contributed by atoms with Crippen molar-refractivity contribution in [2.75, 3.05) is 11.9 Å². The highest BCUT2D eigenvalue weighted by Crippen LogP contribution is 2.24. The molecule has 18 heavy (non-hydrogen) atoms. The topological polar surface area (TPSA) is 42.0 Å². The van der Waals surface area contributed by atoms with E-state index in [0.29, 0.717) is 6.42 Å². The van der Waals surface area contributed by atoms with Gasteiger partial charge in [0.15, 0.2) is 5.78 Å². The molecule has 2 heterocycles. The summed E-state index contributed by atoms with van der Waals surface area (Å²) < 4.78 is 0. The zero-order valence-corrected chi connectivity index (χ0v) is 9.86. The summed E-state index contributed by atoms with van der Waals surface area (Å²) in [6.45, 7) is 0.897. The first-order chi connectivity index (χ1) is 8.83. The summed E-state index contributed by atoms with van der Waals surface area (Å²) in [4.78, 5) is 16.3. The third kappa shape index (κ3) is 1.24. The van der Waals surface area contributed by atoms with Crippen molar-refractivity contribution < 1.29 is 4.79 Å². The maximum atomic E-state index is 11.6. The molecule has 2 aliphatic rings. The molecule has 4 rings (SSSR count). The number of Topliss-reactive ketones (excluding diaryl/α,β-unsaturated/α-hetero) is 1. The summed E-state index contributed by atoms with van der Waals surface area (Å²) >= 11 is 0. The molecule has 88 valence electrons. The van der Waals surface area contributed by atoms with Crippen molar-refractivity contribution >= 4 is 34.5 Å². The molecule has 0 spiro atoms. The van der Waals surface area contributed by atoms with Crippen molar-refractivity contribution in [1.29, 1.82) is 0 Å². The van der Waals surface area contributed by atoms with Gasteiger partial charge in [-0.25, -0.2) is 4.98 Å². The van der Waals surface area contributed by atoms with Crippen LogP contribution < -0.4 is 15.9 Å². The highest BCUT2D eigenvalue weighted by Gasteiger charge is 2.15.